The van der Waals surface area contributed by atoms with E-state index in [1.807, 2.05) is 38.1 Å². The molecule has 0 fully saturated rings. The van der Waals surface area contributed by atoms with Crippen molar-refractivity contribution in [1.29, 1.82) is 0 Å². The molecule has 1 heterocycles. The van der Waals surface area contributed by atoms with E-state index in [-0.39, 0.29) is 5.91 Å². The van der Waals surface area contributed by atoms with E-state index in [0.717, 1.165) is 22.0 Å². The highest BCUT2D eigenvalue weighted by molar-refractivity contribution is 7.13. The van der Waals surface area contributed by atoms with Crippen LogP contribution in [-0.2, 0) is 6.42 Å². The lowest BCUT2D eigenvalue weighted by atomic mass is 10.2. The van der Waals surface area contributed by atoms with Crippen molar-refractivity contribution in [2.45, 2.75) is 20.3 Å². The molecule has 0 unspecified atom stereocenters. The predicted molar refractivity (Wildman–Crippen MR) is 78.7 cm³/mol. The molecule has 0 saturated carbocycles. The van der Waals surface area contributed by atoms with Gasteiger partial charge in [0.1, 0.15) is 4.88 Å². The summed E-state index contributed by atoms with van der Waals surface area (Å²) in [6, 6.07) is 7.73. The molecular weight excluding hydrogens is 258 g/mol. The standard InChI is InChI=1S/C14H17N3OS/c1-9-4-3-5-11(8-9)17-14(18)13-10(2)16-12(19-13)6-7-15/h3-5,8H,6-7,15H2,1-2H3,(H,17,18). The van der Waals surface area contributed by atoms with Gasteiger partial charge in [0.15, 0.2) is 0 Å². The van der Waals surface area contributed by atoms with Crippen molar-refractivity contribution in [3.63, 3.8) is 0 Å². The summed E-state index contributed by atoms with van der Waals surface area (Å²) < 4.78 is 0. The number of amides is 1. The maximum Gasteiger partial charge on any atom is 0.267 e. The van der Waals surface area contributed by atoms with E-state index >= 15 is 0 Å². The summed E-state index contributed by atoms with van der Waals surface area (Å²) in [5.41, 5.74) is 8.18. The van der Waals surface area contributed by atoms with Crippen LogP contribution in [0.25, 0.3) is 0 Å². The smallest absolute Gasteiger partial charge is 0.267 e. The van der Waals surface area contributed by atoms with Gasteiger partial charge in [0.25, 0.3) is 5.91 Å². The van der Waals surface area contributed by atoms with Gasteiger partial charge in [-0.2, -0.15) is 0 Å². The van der Waals surface area contributed by atoms with Crippen LogP contribution in [0.5, 0.6) is 0 Å². The van der Waals surface area contributed by atoms with Crippen LogP contribution < -0.4 is 11.1 Å². The Morgan fingerprint density at radius 2 is 2.21 bits per heavy atom. The number of aromatic nitrogens is 1. The average molecular weight is 275 g/mol. The molecule has 4 nitrogen and oxygen atoms in total. The normalized spacial score (nSPS) is 10.5. The molecule has 2 rings (SSSR count). The van der Waals surface area contributed by atoms with E-state index in [1.165, 1.54) is 11.3 Å². The zero-order valence-electron chi connectivity index (χ0n) is 11.1. The van der Waals surface area contributed by atoms with E-state index in [2.05, 4.69) is 10.3 Å². The molecule has 100 valence electrons. The molecule has 0 bridgehead atoms. The van der Waals surface area contributed by atoms with E-state index in [1.54, 1.807) is 0 Å². The second-order valence-electron chi connectivity index (χ2n) is 4.38. The summed E-state index contributed by atoms with van der Waals surface area (Å²) in [6.07, 6.45) is 0.712. The van der Waals surface area contributed by atoms with E-state index in [4.69, 9.17) is 5.73 Å². The number of nitrogens with two attached hydrogens (primary N) is 1. The maximum atomic E-state index is 12.2. The van der Waals surface area contributed by atoms with E-state index < -0.39 is 0 Å². The van der Waals surface area contributed by atoms with Gasteiger partial charge >= 0.3 is 0 Å². The molecule has 0 atom stereocenters. The SMILES string of the molecule is Cc1cccc(NC(=O)c2sc(CCN)nc2C)c1. The Morgan fingerprint density at radius 3 is 2.89 bits per heavy atom. The molecule has 0 saturated heterocycles. The molecule has 0 aliphatic carbocycles. The number of hydrogen-bond donors (Lipinski definition) is 2. The van der Waals surface area contributed by atoms with Crippen molar-refractivity contribution in [3.8, 4) is 0 Å². The number of hydrogen-bond acceptors (Lipinski definition) is 4. The maximum absolute atomic E-state index is 12.2. The molecule has 1 amide bonds. The molecular formula is C14H17N3OS. The van der Waals surface area contributed by atoms with Crippen LogP contribution in [0.4, 0.5) is 5.69 Å². The van der Waals surface area contributed by atoms with Gasteiger partial charge in [-0.15, -0.1) is 11.3 Å². The first-order chi connectivity index (χ1) is 9.10. The molecule has 19 heavy (non-hydrogen) atoms. The number of carbonyl (C=O) groups excluding carboxylic acids is 1. The Hall–Kier alpha value is -1.72. The van der Waals surface area contributed by atoms with Crippen molar-refractivity contribution in [2.75, 3.05) is 11.9 Å². The fourth-order valence-electron chi connectivity index (χ4n) is 1.80. The minimum Gasteiger partial charge on any atom is -0.330 e. The van der Waals surface area contributed by atoms with Crippen molar-refractivity contribution < 1.29 is 4.79 Å². The number of nitrogens with zero attached hydrogens (tertiary/aromatic N) is 1. The second kappa shape index (κ2) is 5.95. The highest BCUT2D eigenvalue weighted by atomic mass is 32.1. The van der Waals surface area contributed by atoms with Gasteiger partial charge in [-0.25, -0.2) is 4.98 Å². The molecule has 0 aliphatic heterocycles. The van der Waals surface area contributed by atoms with Crippen molar-refractivity contribution in [1.82, 2.24) is 4.98 Å². The fraction of sp³-hybridized carbons (Fsp3) is 0.286. The highest BCUT2D eigenvalue weighted by Gasteiger charge is 2.15. The number of anilines is 1. The Morgan fingerprint density at radius 1 is 1.42 bits per heavy atom. The van der Waals surface area contributed by atoms with Crippen molar-refractivity contribution >= 4 is 22.9 Å². The van der Waals surface area contributed by atoms with Gasteiger partial charge in [0.05, 0.1) is 10.7 Å². The number of carbonyl (C=O) groups is 1. The number of nitrogens with one attached hydrogen (secondary N) is 1. The third kappa shape index (κ3) is 3.39. The second-order valence-corrected chi connectivity index (χ2v) is 5.47. The first-order valence-corrected chi connectivity index (χ1v) is 6.96. The van der Waals surface area contributed by atoms with Crippen LogP contribution in [0.1, 0.15) is 25.9 Å². The third-order valence-electron chi connectivity index (χ3n) is 2.68. The molecule has 0 spiro atoms. The van der Waals surface area contributed by atoms with Crippen LogP contribution in [0, 0.1) is 13.8 Å². The Bertz CT molecular complexity index is 592. The Kier molecular flexibility index (Phi) is 4.29. The average Bonchev–Trinajstić information content (AvgIpc) is 2.71. The van der Waals surface area contributed by atoms with Crippen LogP contribution in [-0.4, -0.2) is 17.4 Å². The predicted octanol–water partition coefficient (Wildman–Crippen LogP) is 2.51. The quantitative estimate of drug-likeness (QED) is 0.901. The molecule has 1 aromatic carbocycles. The van der Waals surface area contributed by atoms with Gasteiger partial charge < -0.3 is 11.1 Å². The summed E-state index contributed by atoms with van der Waals surface area (Å²) in [4.78, 5) is 17.2. The minimum atomic E-state index is -0.108. The molecule has 0 radical (unpaired) electrons. The first-order valence-electron chi connectivity index (χ1n) is 6.14. The zero-order chi connectivity index (χ0) is 13.8. The lowest BCUT2D eigenvalue weighted by Crippen LogP contribution is -2.11. The molecule has 5 heteroatoms. The third-order valence-corrected chi connectivity index (χ3v) is 3.90. The Labute approximate surface area is 116 Å². The van der Waals surface area contributed by atoms with Crippen LogP contribution >= 0.6 is 11.3 Å². The molecule has 0 aliphatic rings. The van der Waals surface area contributed by atoms with Crippen molar-refractivity contribution in [3.05, 3.63) is 45.4 Å². The molecule has 2 aromatic rings. The summed E-state index contributed by atoms with van der Waals surface area (Å²) in [6.45, 7) is 4.39. The summed E-state index contributed by atoms with van der Waals surface area (Å²) in [7, 11) is 0. The monoisotopic (exact) mass is 275 g/mol. The van der Waals surface area contributed by atoms with Gasteiger partial charge in [-0.05, 0) is 38.1 Å². The molecule has 3 N–H and O–H groups in total. The van der Waals surface area contributed by atoms with Crippen LogP contribution in [0.3, 0.4) is 0 Å². The highest BCUT2D eigenvalue weighted by Crippen LogP contribution is 2.20. The molecule has 1 aromatic heterocycles. The topological polar surface area (TPSA) is 68.0 Å². The van der Waals surface area contributed by atoms with Crippen LogP contribution in [0.15, 0.2) is 24.3 Å². The largest absolute Gasteiger partial charge is 0.330 e. The minimum absolute atomic E-state index is 0.108. The van der Waals surface area contributed by atoms with Gasteiger partial charge in [-0.3, -0.25) is 4.79 Å². The van der Waals surface area contributed by atoms with Gasteiger partial charge in [0, 0.05) is 12.1 Å². The number of thiazole rings is 1. The summed E-state index contributed by atoms with van der Waals surface area (Å²) >= 11 is 1.41. The van der Waals surface area contributed by atoms with E-state index in [9.17, 15) is 4.79 Å². The number of rotatable bonds is 4. The lowest BCUT2D eigenvalue weighted by molar-refractivity contribution is 0.103. The fourth-order valence-corrected chi connectivity index (χ4v) is 2.78. The Balaban J connectivity index is 2.15. The van der Waals surface area contributed by atoms with Gasteiger partial charge in [-0.1, -0.05) is 12.1 Å². The van der Waals surface area contributed by atoms with Gasteiger partial charge in [0.2, 0.25) is 0 Å². The van der Waals surface area contributed by atoms with Crippen LogP contribution in [0.2, 0.25) is 0 Å². The first kappa shape index (κ1) is 13.7. The number of benzene rings is 1. The summed E-state index contributed by atoms with van der Waals surface area (Å²) in [5, 5.41) is 3.81. The van der Waals surface area contributed by atoms with Crippen molar-refractivity contribution in [2.24, 2.45) is 5.73 Å². The lowest BCUT2D eigenvalue weighted by Gasteiger charge is -2.04. The summed E-state index contributed by atoms with van der Waals surface area (Å²) in [5.74, 6) is -0.108. The zero-order valence-corrected chi connectivity index (χ0v) is 11.9. The number of aryl methyl sites for hydroxylation is 2. The van der Waals surface area contributed by atoms with E-state index in [0.29, 0.717) is 17.8 Å².